The number of halogens is 1. The van der Waals surface area contributed by atoms with E-state index in [0.29, 0.717) is 17.1 Å². The first-order valence-electron chi connectivity index (χ1n) is 4.45. The molecule has 0 heterocycles. The highest BCUT2D eigenvalue weighted by Gasteiger charge is 2.17. The maximum atomic E-state index is 11.6. The van der Waals surface area contributed by atoms with E-state index in [1.54, 1.807) is 12.1 Å². The number of carbonyl (C=O) groups is 1. The van der Waals surface area contributed by atoms with Gasteiger partial charge in [-0.05, 0) is 24.6 Å². The second-order valence-electron chi connectivity index (χ2n) is 3.10. The summed E-state index contributed by atoms with van der Waals surface area (Å²) in [4.78, 5) is 11.6. The fraction of sp³-hybridized carbons (Fsp3) is 0.364. The molecule has 15 heavy (non-hydrogen) atoms. The van der Waals surface area contributed by atoms with E-state index in [2.05, 4.69) is 0 Å². The van der Waals surface area contributed by atoms with E-state index in [4.69, 9.17) is 21.1 Å². The minimum atomic E-state index is -0.203. The lowest BCUT2D eigenvalue weighted by atomic mass is 10.1. The summed E-state index contributed by atoms with van der Waals surface area (Å²) in [6.45, 7) is 1.90. The molecule has 82 valence electrons. The van der Waals surface area contributed by atoms with Crippen LogP contribution in [0.1, 0.15) is 15.9 Å². The minimum Gasteiger partial charge on any atom is -0.496 e. The molecule has 3 nitrogen and oxygen atoms in total. The van der Waals surface area contributed by atoms with Crippen LogP contribution in [0.3, 0.4) is 0 Å². The number of alkyl halides is 1. The van der Waals surface area contributed by atoms with Crippen LogP contribution in [-0.4, -0.2) is 25.9 Å². The van der Waals surface area contributed by atoms with Gasteiger partial charge in [-0.15, -0.1) is 11.6 Å². The van der Waals surface area contributed by atoms with Crippen molar-refractivity contribution in [1.82, 2.24) is 0 Å². The highest BCUT2D eigenvalue weighted by atomic mass is 35.5. The zero-order chi connectivity index (χ0) is 11.4. The Hall–Kier alpha value is -1.22. The maximum Gasteiger partial charge on any atom is 0.185 e. The quantitative estimate of drug-likeness (QED) is 0.587. The number of methoxy groups -OCH3 is 2. The third-order valence-corrected chi connectivity index (χ3v) is 2.29. The topological polar surface area (TPSA) is 35.5 Å². The lowest BCUT2D eigenvalue weighted by Gasteiger charge is -2.12. The maximum absolute atomic E-state index is 11.6. The molecular formula is C11H13ClO3. The summed E-state index contributed by atoms with van der Waals surface area (Å²) in [6, 6.07) is 3.56. The molecule has 0 amide bonds. The van der Waals surface area contributed by atoms with Crippen molar-refractivity contribution < 1.29 is 14.3 Å². The van der Waals surface area contributed by atoms with E-state index in [0.717, 1.165) is 5.56 Å². The number of hydrogen-bond acceptors (Lipinski definition) is 3. The van der Waals surface area contributed by atoms with Crippen LogP contribution in [0.15, 0.2) is 12.1 Å². The van der Waals surface area contributed by atoms with Crippen molar-refractivity contribution in [2.75, 3.05) is 20.1 Å². The monoisotopic (exact) mass is 228 g/mol. The Kier molecular flexibility index (Phi) is 3.97. The van der Waals surface area contributed by atoms with Gasteiger partial charge in [0.15, 0.2) is 5.78 Å². The van der Waals surface area contributed by atoms with Crippen molar-refractivity contribution in [3.8, 4) is 11.5 Å². The standard InChI is InChI=1S/C11H13ClO3/c1-7-4-9(14-2)11(8(13)6-12)10(5-7)15-3/h4-5H,6H2,1-3H3. The van der Waals surface area contributed by atoms with E-state index < -0.39 is 0 Å². The molecule has 0 aliphatic carbocycles. The van der Waals surface area contributed by atoms with Gasteiger partial charge in [-0.25, -0.2) is 0 Å². The van der Waals surface area contributed by atoms with E-state index in [1.807, 2.05) is 6.92 Å². The van der Waals surface area contributed by atoms with Crippen LogP contribution in [0.2, 0.25) is 0 Å². The molecule has 0 bridgehead atoms. The van der Waals surface area contributed by atoms with Gasteiger partial charge in [0.1, 0.15) is 17.1 Å². The molecule has 0 unspecified atom stereocenters. The molecule has 0 fully saturated rings. The average molecular weight is 229 g/mol. The van der Waals surface area contributed by atoms with Gasteiger partial charge in [-0.3, -0.25) is 4.79 Å². The molecule has 0 aromatic heterocycles. The van der Waals surface area contributed by atoms with Crippen LogP contribution in [0.5, 0.6) is 11.5 Å². The van der Waals surface area contributed by atoms with Crippen molar-refractivity contribution in [3.63, 3.8) is 0 Å². The second-order valence-corrected chi connectivity index (χ2v) is 3.37. The SMILES string of the molecule is COc1cc(C)cc(OC)c1C(=O)CCl. The molecule has 0 spiro atoms. The number of ether oxygens (including phenoxy) is 2. The van der Waals surface area contributed by atoms with Crippen LogP contribution in [0.25, 0.3) is 0 Å². The zero-order valence-corrected chi connectivity index (χ0v) is 9.72. The van der Waals surface area contributed by atoms with Crippen molar-refractivity contribution >= 4 is 17.4 Å². The summed E-state index contributed by atoms with van der Waals surface area (Å²) in [7, 11) is 3.03. The van der Waals surface area contributed by atoms with Crippen LogP contribution < -0.4 is 9.47 Å². The van der Waals surface area contributed by atoms with Gasteiger partial charge in [-0.2, -0.15) is 0 Å². The molecule has 0 aliphatic heterocycles. The van der Waals surface area contributed by atoms with Gasteiger partial charge in [0.2, 0.25) is 0 Å². The fourth-order valence-corrected chi connectivity index (χ4v) is 1.52. The smallest absolute Gasteiger partial charge is 0.185 e. The number of Topliss-reactive ketones (excluding diaryl/α,β-unsaturated/α-hetero) is 1. The number of aryl methyl sites for hydroxylation is 1. The summed E-state index contributed by atoms with van der Waals surface area (Å²) < 4.78 is 10.3. The summed E-state index contributed by atoms with van der Waals surface area (Å²) in [5.41, 5.74) is 1.37. The lowest BCUT2D eigenvalue weighted by Crippen LogP contribution is -2.06. The number of ketones is 1. The van der Waals surface area contributed by atoms with Crippen molar-refractivity contribution in [2.24, 2.45) is 0 Å². The molecule has 4 heteroatoms. The highest BCUT2D eigenvalue weighted by molar-refractivity contribution is 6.31. The second kappa shape index (κ2) is 5.03. The first-order valence-corrected chi connectivity index (χ1v) is 4.99. The fourth-order valence-electron chi connectivity index (χ4n) is 1.38. The normalized spacial score (nSPS) is 9.87. The van der Waals surface area contributed by atoms with Crippen LogP contribution in [0.4, 0.5) is 0 Å². The third-order valence-electron chi connectivity index (χ3n) is 2.05. The van der Waals surface area contributed by atoms with Gasteiger partial charge >= 0.3 is 0 Å². The number of hydrogen-bond donors (Lipinski definition) is 0. The Morgan fingerprint density at radius 1 is 1.27 bits per heavy atom. The molecule has 1 aromatic carbocycles. The molecule has 1 rings (SSSR count). The Morgan fingerprint density at radius 3 is 2.07 bits per heavy atom. The Balaban J connectivity index is 3.36. The van der Waals surface area contributed by atoms with Crippen molar-refractivity contribution in [1.29, 1.82) is 0 Å². The van der Waals surface area contributed by atoms with Crippen LogP contribution >= 0.6 is 11.6 Å². The van der Waals surface area contributed by atoms with Crippen LogP contribution in [-0.2, 0) is 0 Å². The average Bonchev–Trinajstić information content (AvgIpc) is 2.26. The van der Waals surface area contributed by atoms with Gasteiger partial charge in [-0.1, -0.05) is 0 Å². The molecule has 0 saturated heterocycles. The first-order chi connectivity index (χ1) is 7.13. The Morgan fingerprint density at radius 2 is 1.73 bits per heavy atom. The molecule has 0 radical (unpaired) electrons. The first kappa shape index (κ1) is 11.9. The molecule has 0 N–H and O–H groups in total. The Bertz CT molecular complexity index is 349. The summed E-state index contributed by atoms with van der Waals surface area (Å²) >= 11 is 5.52. The van der Waals surface area contributed by atoms with Gasteiger partial charge < -0.3 is 9.47 Å². The number of benzene rings is 1. The van der Waals surface area contributed by atoms with Gasteiger partial charge in [0.05, 0.1) is 20.1 Å². The van der Waals surface area contributed by atoms with Crippen LogP contribution in [0, 0.1) is 6.92 Å². The summed E-state index contributed by atoms with van der Waals surface area (Å²) in [5.74, 6) is 0.704. The molecule has 1 aromatic rings. The highest BCUT2D eigenvalue weighted by Crippen LogP contribution is 2.30. The van der Waals surface area contributed by atoms with Gasteiger partial charge in [0.25, 0.3) is 0 Å². The number of rotatable bonds is 4. The number of carbonyl (C=O) groups excluding carboxylic acids is 1. The predicted molar refractivity (Wildman–Crippen MR) is 59.3 cm³/mol. The largest absolute Gasteiger partial charge is 0.496 e. The predicted octanol–water partition coefficient (Wildman–Crippen LogP) is 2.43. The van der Waals surface area contributed by atoms with Gasteiger partial charge in [0, 0.05) is 0 Å². The zero-order valence-electron chi connectivity index (χ0n) is 8.96. The van der Waals surface area contributed by atoms with E-state index >= 15 is 0 Å². The third kappa shape index (κ3) is 2.42. The molecule has 0 atom stereocenters. The van der Waals surface area contributed by atoms with Crippen molar-refractivity contribution in [2.45, 2.75) is 6.92 Å². The van der Waals surface area contributed by atoms with E-state index in [9.17, 15) is 4.79 Å². The molecule has 0 aliphatic rings. The molecule has 0 saturated carbocycles. The Labute approximate surface area is 93.9 Å². The van der Waals surface area contributed by atoms with Crippen molar-refractivity contribution in [3.05, 3.63) is 23.3 Å². The minimum absolute atomic E-state index is 0.0875. The molecular weight excluding hydrogens is 216 g/mol. The summed E-state index contributed by atoms with van der Waals surface area (Å²) in [5, 5.41) is 0. The summed E-state index contributed by atoms with van der Waals surface area (Å²) in [6.07, 6.45) is 0. The van der Waals surface area contributed by atoms with E-state index in [1.165, 1.54) is 14.2 Å². The lowest BCUT2D eigenvalue weighted by molar-refractivity contribution is 0.101. The van der Waals surface area contributed by atoms with E-state index in [-0.39, 0.29) is 11.7 Å².